The van der Waals surface area contributed by atoms with Crippen LogP contribution in [-0.2, 0) is 31.5 Å². The molecule has 1 heterocycles. The molecule has 5 nitrogen and oxygen atoms in total. The van der Waals surface area contributed by atoms with Crippen molar-refractivity contribution in [3.63, 3.8) is 0 Å². The minimum atomic E-state index is -0.314. The van der Waals surface area contributed by atoms with Crippen LogP contribution in [0.1, 0.15) is 86.1 Å². The summed E-state index contributed by atoms with van der Waals surface area (Å²) < 4.78 is 10.9. The first-order valence-corrected chi connectivity index (χ1v) is 13.0. The molecule has 2 aromatic carbocycles. The maximum absolute atomic E-state index is 12.0. The van der Waals surface area contributed by atoms with Crippen molar-refractivity contribution in [2.75, 3.05) is 6.61 Å². The summed E-state index contributed by atoms with van der Waals surface area (Å²) in [5.74, 6) is -0.548. The van der Waals surface area contributed by atoms with Crippen molar-refractivity contribution in [2.45, 2.75) is 77.4 Å². The number of rotatable bonds is 7. The van der Waals surface area contributed by atoms with Crippen LogP contribution in [0.25, 0.3) is 12.2 Å². The molecule has 0 aromatic heterocycles. The van der Waals surface area contributed by atoms with Gasteiger partial charge >= 0.3 is 11.9 Å². The van der Waals surface area contributed by atoms with Crippen LogP contribution in [0.3, 0.4) is 0 Å². The smallest absolute Gasteiger partial charge is 0.338 e. The molecular weight excluding hydrogens is 462 g/mol. The lowest BCUT2D eigenvalue weighted by Crippen LogP contribution is -2.47. The van der Waals surface area contributed by atoms with Gasteiger partial charge in [-0.25, -0.2) is 4.79 Å². The lowest BCUT2D eigenvalue weighted by Gasteiger charge is -2.47. The molecule has 2 aliphatic rings. The fourth-order valence-corrected chi connectivity index (χ4v) is 5.34. The SMILES string of the molecule is CCOC(=O)c1ccc(/C=C/c2cc3c(cc2C[C@H]2C=CC=N2)C(C)(C)C(OC(C)=O)CC3(C)C)cc1. The van der Waals surface area contributed by atoms with Crippen LogP contribution in [0.15, 0.2) is 53.5 Å². The normalized spacial score (nSPS) is 21.1. The Bertz CT molecular complexity index is 1250. The summed E-state index contributed by atoms with van der Waals surface area (Å²) in [6, 6.07) is 12.2. The van der Waals surface area contributed by atoms with Crippen LogP contribution in [0, 0.1) is 0 Å². The van der Waals surface area contributed by atoms with Crippen LogP contribution >= 0.6 is 0 Å². The second kappa shape index (κ2) is 10.5. The minimum absolute atomic E-state index is 0.109. The summed E-state index contributed by atoms with van der Waals surface area (Å²) in [7, 11) is 0. The number of hydrogen-bond donors (Lipinski definition) is 0. The number of hydrogen-bond acceptors (Lipinski definition) is 5. The highest BCUT2D eigenvalue weighted by molar-refractivity contribution is 5.89. The highest BCUT2D eigenvalue weighted by atomic mass is 16.5. The summed E-state index contributed by atoms with van der Waals surface area (Å²) in [6.45, 7) is 12.4. The zero-order valence-electron chi connectivity index (χ0n) is 22.7. The van der Waals surface area contributed by atoms with Gasteiger partial charge < -0.3 is 9.47 Å². The van der Waals surface area contributed by atoms with E-state index in [9.17, 15) is 9.59 Å². The van der Waals surface area contributed by atoms with E-state index in [1.165, 1.54) is 23.6 Å². The zero-order valence-corrected chi connectivity index (χ0v) is 22.7. The quantitative estimate of drug-likeness (QED) is 0.323. The molecule has 0 saturated carbocycles. The number of carbonyl (C=O) groups is 2. The first-order chi connectivity index (χ1) is 17.5. The lowest BCUT2D eigenvalue weighted by molar-refractivity contribution is -0.151. The highest BCUT2D eigenvalue weighted by Crippen LogP contribution is 2.48. The van der Waals surface area contributed by atoms with E-state index in [0.717, 1.165) is 24.0 Å². The predicted octanol–water partition coefficient (Wildman–Crippen LogP) is 6.48. The Morgan fingerprint density at radius 2 is 1.78 bits per heavy atom. The van der Waals surface area contributed by atoms with Crippen molar-refractivity contribution in [2.24, 2.45) is 4.99 Å². The van der Waals surface area contributed by atoms with E-state index < -0.39 is 0 Å². The van der Waals surface area contributed by atoms with Crippen LogP contribution in [0.2, 0.25) is 0 Å². The molecule has 0 saturated heterocycles. The predicted molar refractivity (Wildman–Crippen MR) is 149 cm³/mol. The van der Waals surface area contributed by atoms with Crippen molar-refractivity contribution < 1.29 is 19.1 Å². The van der Waals surface area contributed by atoms with Crippen LogP contribution < -0.4 is 0 Å². The average molecular weight is 500 g/mol. The number of carbonyl (C=O) groups excluding carboxylic acids is 2. The Morgan fingerprint density at radius 3 is 2.41 bits per heavy atom. The Labute approximate surface area is 220 Å². The Hall–Kier alpha value is -3.47. The molecule has 0 fully saturated rings. The van der Waals surface area contributed by atoms with Crippen molar-refractivity contribution in [1.82, 2.24) is 0 Å². The summed E-state index contributed by atoms with van der Waals surface area (Å²) >= 11 is 0. The molecule has 2 aromatic rings. The zero-order chi connectivity index (χ0) is 26.8. The maximum atomic E-state index is 12.0. The fourth-order valence-electron chi connectivity index (χ4n) is 5.34. The van der Waals surface area contributed by atoms with Gasteiger partial charge in [-0.2, -0.15) is 0 Å². The Morgan fingerprint density at radius 1 is 1.05 bits per heavy atom. The topological polar surface area (TPSA) is 65.0 Å². The van der Waals surface area contributed by atoms with E-state index in [4.69, 9.17) is 9.47 Å². The average Bonchev–Trinajstić information content (AvgIpc) is 3.35. The number of esters is 2. The molecule has 0 spiro atoms. The first kappa shape index (κ1) is 26.6. The summed E-state index contributed by atoms with van der Waals surface area (Å²) in [5, 5.41) is 0. The van der Waals surface area contributed by atoms with Gasteiger partial charge in [0.15, 0.2) is 0 Å². The van der Waals surface area contributed by atoms with Crippen LogP contribution in [-0.4, -0.2) is 36.9 Å². The Balaban J connectivity index is 1.74. The minimum Gasteiger partial charge on any atom is -0.462 e. The molecule has 0 amide bonds. The van der Waals surface area contributed by atoms with Gasteiger partial charge in [-0.1, -0.05) is 70.2 Å². The molecule has 0 N–H and O–H groups in total. The molecule has 0 radical (unpaired) electrons. The highest BCUT2D eigenvalue weighted by Gasteiger charge is 2.46. The Kier molecular flexibility index (Phi) is 7.54. The first-order valence-electron chi connectivity index (χ1n) is 13.0. The van der Waals surface area contributed by atoms with E-state index >= 15 is 0 Å². The third-order valence-electron chi connectivity index (χ3n) is 7.51. The molecule has 2 atom stereocenters. The van der Waals surface area contributed by atoms with Gasteiger partial charge in [-0.3, -0.25) is 9.79 Å². The van der Waals surface area contributed by atoms with E-state index in [1.54, 1.807) is 19.1 Å². The number of aliphatic imine (C=N–C) groups is 1. The van der Waals surface area contributed by atoms with Crippen molar-refractivity contribution in [1.29, 1.82) is 0 Å². The number of allylic oxidation sites excluding steroid dienone is 1. The molecule has 0 bridgehead atoms. The third kappa shape index (κ3) is 5.76. The van der Waals surface area contributed by atoms with Gasteiger partial charge in [0.25, 0.3) is 0 Å². The van der Waals surface area contributed by atoms with Crippen LogP contribution in [0.4, 0.5) is 0 Å². The molecular formula is C32H37NO4. The molecule has 1 aliphatic carbocycles. The van der Waals surface area contributed by atoms with Gasteiger partial charge in [0, 0.05) is 18.6 Å². The molecule has 1 aliphatic heterocycles. The largest absolute Gasteiger partial charge is 0.462 e. The number of fused-ring (bicyclic) bond motifs is 1. The molecule has 194 valence electrons. The molecule has 37 heavy (non-hydrogen) atoms. The van der Waals surface area contributed by atoms with Gasteiger partial charge in [0.2, 0.25) is 0 Å². The lowest BCUT2D eigenvalue weighted by atomic mass is 9.60. The number of ether oxygens (including phenoxy) is 2. The van der Waals surface area contributed by atoms with Gasteiger partial charge in [0.1, 0.15) is 6.10 Å². The maximum Gasteiger partial charge on any atom is 0.338 e. The second-order valence-electron chi connectivity index (χ2n) is 11.1. The van der Waals surface area contributed by atoms with Gasteiger partial charge in [-0.05, 0) is 71.2 Å². The van der Waals surface area contributed by atoms with E-state index in [-0.39, 0.29) is 34.9 Å². The van der Waals surface area contributed by atoms with Crippen molar-refractivity contribution in [3.05, 3.63) is 81.9 Å². The standard InChI is InChI=1S/C32H37NO4/c1-7-36-30(35)23-13-10-22(11-14-23)12-15-24-18-27-28(19-25(24)17-26-9-8-16-33-26)32(5,6)29(37-21(2)34)20-31(27,3)4/h8-16,18-19,26,29H,7,17,20H2,1-6H3/b15-12+/t26-,29?/m1/s1. The van der Waals surface area contributed by atoms with Crippen molar-refractivity contribution in [3.8, 4) is 0 Å². The molecule has 1 unspecified atom stereocenters. The monoisotopic (exact) mass is 499 g/mol. The third-order valence-corrected chi connectivity index (χ3v) is 7.51. The van der Waals surface area contributed by atoms with Crippen LogP contribution in [0.5, 0.6) is 0 Å². The van der Waals surface area contributed by atoms with E-state index in [0.29, 0.717) is 12.2 Å². The summed E-state index contributed by atoms with van der Waals surface area (Å²) in [6.07, 6.45) is 11.6. The second-order valence-corrected chi connectivity index (χ2v) is 11.1. The summed E-state index contributed by atoms with van der Waals surface area (Å²) in [5.41, 5.74) is 5.96. The van der Waals surface area contributed by atoms with E-state index in [2.05, 4.69) is 63.0 Å². The number of benzene rings is 2. The molecule has 4 rings (SSSR count). The van der Waals surface area contributed by atoms with Gasteiger partial charge in [0.05, 0.1) is 18.2 Å². The van der Waals surface area contributed by atoms with E-state index in [1.807, 2.05) is 24.4 Å². The number of nitrogens with zero attached hydrogens (tertiary/aromatic N) is 1. The summed E-state index contributed by atoms with van der Waals surface area (Å²) in [4.78, 5) is 28.5. The van der Waals surface area contributed by atoms with Gasteiger partial charge in [-0.15, -0.1) is 0 Å². The fraction of sp³-hybridized carbons (Fsp3) is 0.406. The van der Waals surface area contributed by atoms with Crippen molar-refractivity contribution >= 4 is 30.3 Å². The molecule has 5 heteroatoms.